The highest BCUT2D eigenvalue weighted by molar-refractivity contribution is 6.40. The number of carbonyl (C=O) groups excluding carboxylic acids is 1. The van der Waals surface area contributed by atoms with Crippen LogP contribution in [0, 0.1) is 0 Å². The number of carboxylic acids is 1. The minimum absolute atomic E-state index is 0.00335. The summed E-state index contributed by atoms with van der Waals surface area (Å²) in [5.74, 6) is -1.15. The summed E-state index contributed by atoms with van der Waals surface area (Å²) >= 11 is 0. The number of Topliss-reactive ketones (excluding diaryl/α,β-unsaturated/α-hetero) is 1. The van der Waals surface area contributed by atoms with Crippen LogP contribution in [0.3, 0.4) is 0 Å². The van der Waals surface area contributed by atoms with Crippen molar-refractivity contribution in [2.75, 3.05) is 25.0 Å². The van der Waals surface area contributed by atoms with E-state index in [0.29, 0.717) is 17.7 Å². The molecule has 1 heterocycles. The van der Waals surface area contributed by atoms with Gasteiger partial charge < -0.3 is 15.1 Å². The molecule has 182 valence electrons. The Hall–Kier alpha value is -3.67. The maximum absolute atomic E-state index is 13.1. The van der Waals surface area contributed by atoms with Gasteiger partial charge in [0.2, 0.25) is 11.5 Å². The Labute approximate surface area is 206 Å². The van der Waals surface area contributed by atoms with Crippen molar-refractivity contribution in [3.8, 4) is 0 Å². The van der Waals surface area contributed by atoms with Crippen LogP contribution in [0.25, 0.3) is 5.57 Å². The van der Waals surface area contributed by atoms with Crippen molar-refractivity contribution < 1.29 is 24.4 Å². The fourth-order valence-corrected chi connectivity index (χ4v) is 4.98. The Kier molecular flexibility index (Phi) is 6.41. The number of benzene rings is 2. The Bertz CT molecular complexity index is 1300. The van der Waals surface area contributed by atoms with Crippen molar-refractivity contribution in [3.05, 3.63) is 76.6 Å². The van der Waals surface area contributed by atoms with E-state index < -0.39 is 11.4 Å². The van der Waals surface area contributed by atoms with Gasteiger partial charge >= 0.3 is 5.97 Å². The smallest absolute Gasteiger partial charge is 0.335 e. The van der Waals surface area contributed by atoms with Crippen molar-refractivity contribution in [1.29, 1.82) is 0 Å². The molecule has 0 saturated heterocycles. The third kappa shape index (κ3) is 4.07. The van der Waals surface area contributed by atoms with Crippen molar-refractivity contribution >= 4 is 34.4 Å². The molecular formula is C29H33N2O4+. The number of fused-ring (bicyclic) bond motifs is 1. The summed E-state index contributed by atoms with van der Waals surface area (Å²) in [6.45, 7) is 9.82. The third-order valence-electron chi connectivity index (χ3n) is 7.14. The molecule has 1 aliphatic heterocycles. The fourth-order valence-electron chi connectivity index (χ4n) is 4.98. The van der Waals surface area contributed by atoms with E-state index in [-0.39, 0.29) is 22.7 Å². The maximum atomic E-state index is 13.1. The van der Waals surface area contributed by atoms with Gasteiger partial charge in [0.25, 0.3) is 0 Å². The van der Waals surface area contributed by atoms with Crippen LogP contribution in [0.2, 0.25) is 0 Å². The number of carboxylic acid groups (broad SMARTS) is 1. The summed E-state index contributed by atoms with van der Waals surface area (Å²) in [4.78, 5) is 26.8. The van der Waals surface area contributed by atoms with Gasteiger partial charge in [-0.2, -0.15) is 4.58 Å². The second-order valence-corrected chi connectivity index (χ2v) is 9.72. The molecule has 35 heavy (non-hydrogen) atoms. The van der Waals surface area contributed by atoms with Gasteiger partial charge in [0.15, 0.2) is 5.71 Å². The molecule has 4 rings (SSSR count). The molecule has 2 aromatic rings. The Morgan fingerprint density at radius 2 is 1.80 bits per heavy atom. The van der Waals surface area contributed by atoms with Crippen LogP contribution >= 0.6 is 0 Å². The van der Waals surface area contributed by atoms with Crippen molar-refractivity contribution in [2.24, 2.45) is 0 Å². The number of hydrogen-bond acceptors (Lipinski definition) is 4. The summed E-state index contributed by atoms with van der Waals surface area (Å²) in [6.07, 6.45) is 4.00. The van der Waals surface area contributed by atoms with Crippen LogP contribution in [-0.2, 0) is 10.2 Å². The number of carbonyl (C=O) groups is 2. The highest BCUT2D eigenvalue weighted by Crippen LogP contribution is 2.43. The van der Waals surface area contributed by atoms with Gasteiger partial charge in [-0.25, -0.2) is 4.79 Å². The van der Waals surface area contributed by atoms with Crippen molar-refractivity contribution in [3.63, 3.8) is 0 Å². The van der Waals surface area contributed by atoms with Crippen LogP contribution < -0.4 is 4.90 Å². The van der Waals surface area contributed by atoms with E-state index in [2.05, 4.69) is 16.4 Å². The number of aromatic carboxylic acids is 1. The molecule has 2 aromatic carbocycles. The van der Waals surface area contributed by atoms with E-state index in [4.69, 9.17) is 0 Å². The molecule has 6 heteroatoms. The number of aliphatic hydroxyl groups is 1. The summed E-state index contributed by atoms with van der Waals surface area (Å²) < 4.78 is 2.08. The standard InChI is InChI=1S/C29H32N2O4/c1-6-8-15-30(5)20-12-9-18(10-13-20)25-26(32)21(27(25)33)17-24-29(3,4)22-16-19(28(34)35)11-14-23(22)31(24)7-2/h9-14,16-17H,6-8,15H2,1-5H3,(H-,32,33,34,35)/p+1. The largest absolute Gasteiger partial charge is 0.506 e. The monoisotopic (exact) mass is 473 g/mol. The molecule has 6 nitrogen and oxygen atoms in total. The average Bonchev–Trinajstić information content (AvgIpc) is 3.06. The van der Waals surface area contributed by atoms with Crippen LogP contribution in [0.4, 0.5) is 11.4 Å². The van der Waals surface area contributed by atoms with E-state index >= 15 is 0 Å². The minimum Gasteiger partial charge on any atom is -0.506 e. The summed E-state index contributed by atoms with van der Waals surface area (Å²) in [5, 5.41) is 20.3. The molecule has 1 aliphatic carbocycles. The third-order valence-corrected chi connectivity index (χ3v) is 7.14. The lowest BCUT2D eigenvalue weighted by Crippen LogP contribution is -2.31. The lowest BCUT2D eigenvalue weighted by molar-refractivity contribution is -0.433. The molecule has 2 aliphatic rings. The number of aliphatic hydroxyl groups excluding tert-OH is 1. The van der Waals surface area contributed by atoms with Gasteiger partial charge in [-0.05, 0) is 57.0 Å². The molecule has 0 saturated carbocycles. The highest BCUT2D eigenvalue weighted by atomic mass is 16.4. The molecule has 0 bridgehead atoms. The molecule has 2 N–H and O–H groups in total. The quantitative estimate of drug-likeness (QED) is 0.391. The van der Waals surface area contributed by atoms with Crippen molar-refractivity contribution in [2.45, 2.75) is 46.0 Å². The van der Waals surface area contributed by atoms with E-state index in [1.54, 1.807) is 18.2 Å². The van der Waals surface area contributed by atoms with Crippen LogP contribution in [0.15, 0.2) is 59.9 Å². The number of rotatable bonds is 8. The van der Waals surface area contributed by atoms with Crippen LogP contribution in [0.5, 0.6) is 0 Å². The number of anilines is 1. The predicted octanol–water partition coefficient (Wildman–Crippen LogP) is 5.50. The molecule has 0 unspecified atom stereocenters. The molecule has 0 fully saturated rings. The van der Waals surface area contributed by atoms with Crippen LogP contribution in [-0.4, -0.2) is 52.4 Å². The SMILES string of the molecule is CCCCN(C)c1ccc(C2=C(O)C(=CC3=[N+](CC)c4ccc(C(=O)O)cc4C3(C)C)C2=O)cc1. The molecule has 0 radical (unpaired) electrons. The first-order valence-corrected chi connectivity index (χ1v) is 12.2. The van der Waals surface area contributed by atoms with E-state index in [9.17, 15) is 19.8 Å². The minimum atomic E-state index is -0.972. The highest BCUT2D eigenvalue weighted by Gasteiger charge is 2.46. The molecule has 0 amide bonds. The first-order chi connectivity index (χ1) is 16.6. The van der Waals surface area contributed by atoms with Gasteiger partial charge in [0, 0.05) is 37.0 Å². The zero-order chi connectivity index (χ0) is 25.5. The number of nitrogens with zero attached hydrogens (tertiary/aromatic N) is 2. The lowest BCUT2D eigenvalue weighted by Gasteiger charge is -2.24. The average molecular weight is 474 g/mol. The van der Waals surface area contributed by atoms with Crippen LogP contribution in [0.1, 0.15) is 62.0 Å². The first kappa shape index (κ1) is 24.5. The van der Waals surface area contributed by atoms with Gasteiger partial charge in [-0.15, -0.1) is 0 Å². The van der Waals surface area contributed by atoms with E-state index in [1.807, 2.05) is 58.2 Å². The Morgan fingerprint density at radius 3 is 2.37 bits per heavy atom. The topological polar surface area (TPSA) is 80.8 Å². The van der Waals surface area contributed by atoms with Crippen molar-refractivity contribution in [1.82, 2.24) is 0 Å². The zero-order valence-electron chi connectivity index (χ0n) is 21.1. The van der Waals surface area contributed by atoms with E-state index in [0.717, 1.165) is 42.0 Å². The van der Waals surface area contributed by atoms with Gasteiger partial charge in [0.05, 0.1) is 22.1 Å². The molecule has 0 atom stereocenters. The molecule has 0 aromatic heterocycles. The number of unbranched alkanes of at least 4 members (excludes halogenated alkanes) is 1. The summed E-state index contributed by atoms with van der Waals surface area (Å²) in [7, 11) is 2.05. The number of hydrogen-bond donors (Lipinski definition) is 2. The lowest BCUT2D eigenvalue weighted by atomic mass is 9.77. The van der Waals surface area contributed by atoms with E-state index in [1.165, 1.54) is 0 Å². The molecule has 0 spiro atoms. The summed E-state index contributed by atoms with van der Waals surface area (Å²) in [6, 6.07) is 12.8. The summed E-state index contributed by atoms with van der Waals surface area (Å²) in [5.41, 5.74) is 4.79. The Morgan fingerprint density at radius 1 is 1.11 bits per heavy atom. The van der Waals surface area contributed by atoms with Gasteiger partial charge in [-0.3, -0.25) is 4.79 Å². The van der Waals surface area contributed by atoms with Gasteiger partial charge in [-0.1, -0.05) is 25.5 Å². The maximum Gasteiger partial charge on any atom is 0.335 e. The second-order valence-electron chi connectivity index (χ2n) is 9.72. The fraction of sp³-hybridized carbons (Fsp3) is 0.345. The zero-order valence-corrected chi connectivity index (χ0v) is 21.1. The second kappa shape index (κ2) is 9.17. The number of allylic oxidation sites excluding steroid dienone is 3. The number of ketones is 1. The normalized spacial score (nSPS) is 17.6. The first-order valence-electron chi connectivity index (χ1n) is 12.2. The predicted molar refractivity (Wildman–Crippen MR) is 139 cm³/mol. The molecular weight excluding hydrogens is 440 g/mol. The Balaban J connectivity index is 1.67. The van der Waals surface area contributed by atoms with Gasteiger partial charge in [0.1, 0.15) is 12.3 Å².